The van der Waals surface area contributed by atoms with Gasteiger partial charge >= 0.3 is 0 Å². The summed E-state index contributed by atoms with van der Waals surface area (Å²) < 4.78 is 18.4. The average Bonchev–Trinajstić information content (AvgIpc) is 2.49. The molecule has 0 fully saturated rings. The Morgan fingerprint density at radius 3 is 2.76 bits per heavy atom. The first kappa shape index (κ1) is 15.1. The third kappa shape index (κ3) is 4.10. The van der Waals surface area contributed by atoms with E-state index >= 15 is 0 Å². The molecule has 2 N–H and O–H groups in total. The predicted molar refractivity (Wildman–Crippen MR) is 81.5 cm³/mol. The van der Waals surface area contributed by atoms with Gasteiger partial charge in [0.25, 0.3) is 0 Å². The summed E-state index contributed by atoms with van der Waals surface area (Å²) in [5, 5.41) is 5.57. The Bertz CT molecular complexity index is 649. The van der Waals surface area contributed by atoms with E-state index in [1.807, 2.05) is 6.07 Å². The van der Waals surface area contributed by atoms with E-state index in [1.165, 1.54) is 19.2 Å². The number of methoxy groups -OCH3 is 1. The van der Waals surface area contributed by atoms with Crippen molar-refractivity contribution in [1.29, 1.82) is 0 Å². The highest BCUT2D eigenvalue weighted by molar-refractivity contribution is 6.30. The molecule has 0 atom stereocenters. The van der Waals surface area contributed by atoms with Crippen LogP contribution in [-0.4, -0.2) is 19.6 Å². The van der Waals surface area contributed by atoms with Gasteiger partial charge in [0, 0.05) is 5.69 Å². The Kier molecular flexibility index (Phi) is 5.00. The van der Waals surface area contributed by atoms with Crippen LogP contribution in [0.25, 0.3) is 0 Å². The van der Waals surface area contributed by atoms with Crippen molar-refractivity contribution >= 4 is 28.9 Å². The van der Waals surface area contributed by atoms with Crippen LogP contribution in [0.1, 0.15) is 0 Å². The normalized spacial score (nSPS) is 10.0. The molecule has 2 aromatic carbocycles. The molecule has 6 heteroatoms. The van der Waals surface area contributed by atoms with Gasteiger partial charge in [-0.2, -0.15) is 0 Å². The Hall–Kier alpha value is -2.27. The van der Waals surface area contributed by atoms with Crippen molar-refractivity contribution in [2.24, 2.45) is 0 Å². The van der Waals surface area contributed by atoms with Gasteiger partial charge in [-0.25, -0.2) is 4.39 Å². The van der Waals surface area contributed by atoms with E-state index in [1.54, 1.807) is 24.3 Å². The Morgan fingerprint density at radius 2 is 2.05 bits per heavy atom. The standard InChI is InChI=1S/C15H14ClFN2O2/c1-21-14-5-3-2-4-13(14)19-15(20)9-18-10-6-7-11(16)12(17)8-10/h2-8,18H,9H2,1H3,(H,19,20). The van der Waals surface area contributed by atoms with E-state index in [2.05, 4.69) is 10.6 Å². The summed E-state index contributed by atoms with van der Waals surface area (Å²) in [5.74, 6) is -0.231. The lowest BCUT2D eigenvalue weighted by molar-refractivity contribution is -0.114. The number of ether oxygens (including phenoxy) is 1. The third-order valence-corrected chi connectivity index (χ3v) is 3.06. The van der Waals surface area contributed by atoms with E-state index < -0.39 is 5.82 Å². The summed E-state index contributed by atoms with van der Waals surface area (Å²) in [6.45, 7) is -0.000872. The van der Waals surface area contributed by atoms with Gasteiger partial charge in [-0.15, -0.1) is 0 Å². The molecule has 110 valence electrons. The first-order chi connectivity index (χ1) is 10.1. The van der Waals surface area contributed by atoms with Crippen LogP contribution in [0.4, 0.5) is 15.8 Å². The largest absolute Gasteiger partial charge is 0.495 e. The summed E-state index contributed by atoms with van der Waals surface area (Å²) in [7, 11) is 1.53. The van der Waals surface area contributed by atoms with E-state index in [9.17, 15) is 9.18 Å². The molecule has 0 spiro atoms. The lowest BCUT2D eigenvalue weighted by Gasteiger charge is -2.11. The monoisotopic (exact) mass is 308 g/mol. The fourth-order valence-corrected chi connectivity index (χ4v) is 1.85. The van der Waals surface area contributed by atoms with Crippen molar-refractivity contribution < 1.29 is 13.9 Å². The fraction of sp³-hybridized carbons (Fsp3) is 0.133. The van der Waals surface area contributed by atoms with E-state index in [-0.39, 0.29) is 17.5 Å². The van der Waals surface area contributed by atoms with Gasteiger partial charge in [0.15, 0.2) is 0 Å². The van der Waals surface area contributed by atoms with Crippen LogP contribution < -0.4 is 15.4 Å². The second-order valence-corrected chi connectivity index (χ2v) is 4.64. The molecule has 0 aromatic heterocycles. The van der Waals surface area contributed by atoms with Gasteiger partial charge < -0.3 is 15.4 Å². The molecule has 0 saturated carbocycles. The minimum atomic E-state index is -0.535. The Labute approximate surface area is 126 Å². The lowest BCUT2D eigenvalue weighted by atomic mass is 10.3. The summed E-state index contributed by atoms with van der Waals surface area (Å²) >= 11 is 5.59. The van der Waals surface area contributed by atoms with Gasteiger partial charge in [0.1, 0.15) is 11.6 Å². The van der Waals surface area contributed by atoms with Crippen molar-refractivity contribution in [2.75, 3.05) is 24.3 Å². The van der Waals surface area contributed by atoms with Gasteiger partial charge in [-0.1, -0.05) is 23.7 Å². The molecule has 0 bridgehead atoms. The smallest absolute Gasteiger partial charge is 0.243 e. The molecule has 4 nitrogen and oxygen atoms in total. The van der Waals surface area contributed by atoms with Crippen LogP contribution >= 0.6 is 11.6 Å². The molecule has 0 aliphatic rings. The van der Waals surface area contributed by atoms with E-state index in [0.717, 1.165) is 0 Å². The van der Waals surface area contributed by atoms with Crippen LogP contribution in [0.15, 0.2) is 42.5 Å². The molecule has 0 radical (unpaired) electrons. The van der Waals surface area contributed by atoms with Crippen LogP contribution in [0.5, 0.6) is 5.75 Å². The molecule has 0 aliphatic heterocycles. The first-order valence-corrected chi connectivity index (χ1v) is 6.59. The van der Waals surface area contributed by atoms with Crippen molar-refractivity contribution in [3.05, 3.63) is 53.3 Å². The minimum absolute atomic E-state index is 0.000872. The maximum absolute atomic E-state index is 13.3. The number of nitrogens with one attached hydrogen (secondary N) is 2. The molecule has 2 rings (SSSR count). The van der Waals surface area contributed by atoms with Gasteiger partial charge in [-0.3, -0.25) is 4.79 Å². The molecular formula is C15H14ClFN2O2. The van der Waals surface area contributed by atoms with Crippen molar-refractivity contribution in [3.63, 3.8) is 0 Å². The number of hydrogen-bond donors (Lipinski definition) is 2. The third-order valence-electron chi connectivity index (χ3n) is 2.75. The summed E-state index contributed by atoms with van der Waals surface area (Å²) in [4.78, 5) is 11.9. The number of halogens is 2. The van der Waals surface area contributed by atoms with Crippen molar-refractivity contribution in [1.82, 2.24) is 0 Å². The molecule has 1 amide bonds. The maximum atomic E-state index is 13.3. The quantitative estimate of drug-likeness (QED) is 0.888. The van der Waals surface area contributed by atoms with Crippen molar-refractivity contribution in [2.45, 2.75) is 0 Å². The highest BCUT2D eigenvalue weighted by Gasteiger charge is 2.07. The number of carbonyl (C=O) groups is 1. The predicted octanol–water partition coefficient (Wildman–Crippen LogP) is 3.54. The zero-order valence-electron chi connectivity index (χ0n) is 11.3. The number of carbonyl (C=O) groups excluding carboxylic acids is 1. The topological polar surface area (TPSA) is 50.4 Å². The van der Waals surface area contributed by atoms with Crippen LogP contribution in [0.3, 0.4) is 0 Å². The average molecular weight is 309 g/mol. The van der Waals surface area contributed by atoms with Crippen LogP contribution in [0, 0.1) is 5.82 Å². The lowest BCUT2D eigenvalue weighted by Crippen LogP contribution is -2.22. The van der Waals surface area contributed by atoms with Crippen molar-refractivity contribution in [3.8, 4) is 5.75 Å². The second-order valence-electron chi connectivity index (χ2n) is 4.23. The van der Waals surface area contributed by atoms with Gasteiger partial charge in [0.2, 0.25) is 5.91 Å². The Balaban J connectivity index is 1.94. The SMILES string of the molecule is COc1ccccc1NC(=O)CNc1ccc(Cl)c(F)c1. The summed E-state index contributed by atoms with van der Waals surface area (Å²) in [5.41, 5.74) is 1.06. The zero-order chi connectivity index (χ0) is 15.2. The summed E-state index contributed by atoms with van der Waals surface area (Å²) in [6.07, 6.45) is 0. The summed E-state index contributed by atoms with van der Waals surface area (Å²) in [6, 6.07) is 11.3. The van der Waals surface area contributed by atoms with E-state index in [4.69, 9.17) is 16.3 Å². The maximum Gasteiger partial charge on any atom is 0.243 e. The van der Waals surface area contributed by atoms with Crippen LogP contribution in [0.2, 0.25) is 5.02 Å². The Morgan fingerprint density at radius 1 is 1.29 bits per heavy atom. The molecule has 0 saturated heterocycles. The number of anilines is 2. The number of rotatable bonds is 5. The molecule has 21 heavy (non-hydrogen) atoms. The zero-order valence-corrected chi connectivity index (χ0v) is 12.1. The molecule has 0 aliphatic carbocycles. The second kappa shape index (κ2) is 6.95. The first-order valence-electron chi connectivity index (χ1n) is 6.22. The van der Waals surface area contributed by atoms with E-state index in [0.29, 0.717) is 17.1 Å². The number of amides is 1. The van der Waals surface area contributed by atoms with Gasteiger partial charge in [0.05, 0.1) is 24.4 Å². The highest BCUT2D eigenvalue weighted by Crippen LogP contribution is 2.23. The number of hydrogen-bond acceptors (Lipinski definition) is 3. The molecular weight excluding hydrogens is 295 g/mol. The van der Waals surface area contributed by atoms with Crippen LogP contribution in [-0.2, 0) is 4.79 Å². The highest BCUT2D eigenvalue weighted by atomic mass is 35.5. The van der Waals surface area contributed by atoms with Gasteiger partial charge in [-0.05, 0) is 30.3 Å². The fourth-order valence-electron chi connectivity index (χ4n) is 1.73. The minimum Gasteiger partial charge on any atom is -0.495 e. The number of benzene rings is 2. The molecule has 0 heterocycles. The molecule has 2 aromatic rings. The molecule has 0 unspecified atom stereocenters. The number of para-hydroxylation sites is 2.